The first-order valence-electron chi connectivity index (χ1n) is 6.19. The number of ether oxygens (including phenoxy) is 1. The second-order valence-electron chi connectivity index (χ2n) is 4.77. The van der Waals surface area contributed by atoms with Crippen LogP contribution in [0.1, 0.15) is 0 Å². The van der Waals surface area contributed by atoms with Gasteiger partial charge in [-0.3, -0.25) is 0 Å². The molecule has 0 bridgehead atoms. The quantitative estimate of drug-likeness (QED) is 0.788. The fourth-order valence-electron chi connectivity index (χ4n) is 1.75. The Labute approximate surface area is 120 Å². The molecule has 0 aliphatic heterocycles. The minimum Gasteiger partial charge on any atom is -0.389 e. The van der Waals surface area contributed by atoms with E-state index in [1.165, 1.54) is 25.5 Å². The van der Waals surface area contributed by atoms with Crippen molar-refractivity contribution in [2.75, 3.05) is 46.3 Å². The van der Waals surface area contributed by atoms with Gasteiger partial charge in [-0.1, -0.05) is 0 Å². The zero-order valence-corrected chi connectivity index (χ0v) is 13.1. The summed E-state index contributed by atoms with van der Waals surface area (Å²) in [6.07, 6.45) is -0.588. The Morgan fingerprint density at radius 3 is 2.20 bits per heavy atom. The van der Waals surface area contributed by atoms with Gasteiger partial charge in [0.05, 0.1) is 17.6 Å². The van der Waals surface area contributed by atoms with Gasteiger partial charge in [0.25, 0.3) is 0 Å². The van der Waals surface area contributed by atoms with Crippen molar-refractivity contribution >= 4 is 15.7 Å². The molecular formula is C13H22N2O4S. The maximum absolute atomic E-state index is 11.9. The molecule has 0 aliphatic carbocycles. The van der Waals surface area contributed by atoms with E-state index in [9.17, 15) is 13.5 Å². The summed E-state index contributed by atoms with van der Waals surface area (Å²) >= 11 is 0. The Hall–Kier alpha value is -1.15. The van der Waals surface area contributed by atoms with Gasteiger partial charge in [0, 0.05) is 40.5 Å². The molecule has 0 fully saturated rings. The van der Waals surface area contributed by atoms with Gasteiger partial charge in [0.1, 0.15) is 0 Å². The number of nitrogens with zero attached hydrogens (tertiary/aromatic N) is 2. The molecule has 0 radical (unpaired) electrons. The van der Waals surface area contributed by atoms with Gasteiger partial charge < -0.3 is 14.7 Å². The Morgan fingerprint density at radius 2 is 1.75 bits per heavy atom. The highest BCUT2D eigenvalue weighted by Crippen LogP contribution is 2.19. The van der Waals surface area contributed by atoms with Crippen LogP contribution in [0.4, 0.5) is 5.69 Å². The summed E-state index contributed by atoms with van der Waals surface area (Å²) < 4.78 is 29.9. The first kappa shape index (κ1) is 16.9. The average Bonchev–Trinajstić information content (AvgIpc) is 2.38. The van der Waals surface area contributed by atoms with E-state index < -0.39 is 16.1 Å². The van der Waals surface area contributed by atoms with E-state index in [2.05, 4.69) is 0 Å². The van der Waals surface area contributed by atoms with Gasteiger partial charge in [-0.25, -0.2) is 12.7 Å². The summed E-state index contributed by atoms with van der Waals surface area (Å²) in [7, 11) is 2.95. The maximum atomic E-state index is 11.9. The van der Waals surface area contributed by atoms with Crippen LogP contribution in [0.15, 0.2) is 29.2 Å². The molecule has 1 N–H and O–H groups in total. The Kier molecular flexibility index (Phi) is 5.94. The molecular weight excluding hydrogens is 280 g/mol. The van der Waals surface area contributed by atoms with Crippen molar-refractivity contribution in [2.24, 2.45) is 0 Å². The van der Waals surface area contributed by atoms with Gasteiger partial charge in [-0.2, -0.15) is 0 Å². The zero-order chi connectivity index (χ0) is 15.3. The number of hydrogen-bond acceptors (Lipinski definition) is 5. The predicted octanol–water partition coefficient (Wildman–Crippen LogP) is 0.380. The van der Waals surface area contributed by atoms with E-state index in [1.807, 2.05) is 11.9 Å². The smallest absolute Gasteiger partial charge is 0.242 e. The third-order valence-electron chi connectivity index (χ3n) is 2.90. The van der Waals surface area contributed by atoms with Crippen LogP contribution in [0.5, 0.6) is 0 Å². The summed E-state index contributed by atoms with van der Waals surface area (Å²) in [6, 6.07) is 6.56. The Balaban J connectivity index is 2.81. The van der Waals surface area contributed by atoms with Crippen molar-refractivity contribution < 1.29 is 18.3 Å². The van der Waals surface area contributed by atoms with Gasteiger partial charge >= 0.3 is 0 Å². The van der Waals surface area contributed by atoms with E-state index in [-0.39, 0.29) is 11.5 Å². The lowest BCUT2D eigenvalue weighted by atomic mass is 10.2. The lowest BCUT2D eigenvalue weighted by molar-refractivity contribution is 0.0695. The number of likely N-dealkylation sites (N-methyl/N-ethyl adjacent to an activating group) is 1. The fraction of sp³-hybridized carbons (Fsp3) is 0.538. The van der Waals surface area contributed by atoms with E-state index in [0.717, 1.165) is 5.69 Å². The third kappa shape index (κ3) is 4.17. The van der Waals surface area contributed by atoms with Gasteiger partial charge in [0.15, 0.2) is 0 Å². The number of rotatable bonds is 7. The molecule has 114 valence electrons. The van der Waals surface area contributed by atoms with Crippen LogP contribution in [-0.4, -0.2) is 65.3 Å². The van der Waals surface area contributed by atoms with Gasteiger partial charge in [-0.15, -0.1) is 0 Å². The van der Waals surface area contributed by atoms with E-state index in [1.54, 1.807) is 24.3 Å². The minimum absolute atomic E-state index is 0.247. The van der Waals surface area contributed by atoms with Crippen molar-refractivity contribution in [1.29, 1.82) is 0 Å². The number of aliphatic hydroxyl groups is 1. The number of sulfonamides is 1. The second kappa shape index (κ2) is 7.03. The highest BCUT2D eigenvalue weighted by Gasteiger charge is 2.17. The van der Waals surface area contributed by atoms with Crippen LogP contribution in [-0.2, 0) is 14.8 Å². The average molecular weight is 302 g/mol. The lowest BCUT2D eigenvalue weighted by Crippen LogP contribution is -2.31. The number of methoxy groups -OCH3 is 1. The molecule has 0 heterocycles. The SMILES string of the molecule is COCC(O)CN(C)c1ccc(S(=O)(=O)N(C)C)cc1. The molecule has 1 aromatic rings. The maximum Gasteiger partial charge on any atom is 0.242 e. The molecule has 1 unspecified atom stereocenters. The largest absolute Gasteiger partial charge is 0.389 e. The van der Waals surface area contributed by atoms with Crippen LogP contribution in [0, 0.1) is 0 Å². The number of hydrogen-bond donors (Lipinski definition) is 1. The number of anilines is 1. The van der Waals surface area contributed by atoms with Crippen LogP contribution in [0.25, 0.3) is 0 Å². The molecule has 0 saturated heterocycles. The summed E-state index contributed by atoms with van der Waals surface area (Å²) in [4.78, 5) is 2.09. The first-order valence-corrected chi connectivity index (χ1v) is 7.63. The molecule has 0 spiro atoms. The molecule has 20 heavy (non-hydrogen) atoms. The molecule has 0 saturated carbocycles. The molecule has 0 aliphatic rings. The third-order valence-corrected chi connectivity index (χ3v) is 4.73. The Morgan fingerprint density at radius 1 is 1.20 bits per heavy atom. The van der Waals surface area contributed by atoms with Crippen molar-refractivity contribution in [3.8, 4) is 0 Å². The van der Waals surface area contributed by atoms with Crippen LogP contribution < -0.4 is 4.90 Å². The molecule has 0 amide bonds. The van der Waals surface area contributed by atoms with Crippen molar-refractivity contribution in [2.45, 2.75) is 11.0 Å². The summed E-state index contributed by atoms with van der Waals surface area (Å²) in [6.45, 7) is 0.672. The Bertz CT molecular complexity index is 514. The number of aliphatic hydroxyl groups excluding tert-OH is 1. The van der Waals surface area contributed by atoms with Crippen molar-refractivity contribution in [3.63, 3.8) is 0 Å². The number of benzene rings is 1. The highest BCUT2D eigenvalue weighted by atomic mass is 32.2. The van der Waals surface area contributed by atoms with E-state index >= 15 is 0 Å². The van der Waals surface area contributed by atoms with Crippen LogP contribution in [0.3, 0.4) is 0 Å². The molecule has 6 nitrogen and oxygen atoms in total. The monoisotopic (exact) mass is 302 g/mol. The van der Waals surface area contributed by atoms with Crippen LogP contribution in [0.2, 0.25) is 0 Å². The minimum atomic E-state index is -3.41. The molecule has 1 rings (SSSR count). The highest BCUT2D eigenvalue weighted by molar-refractivity contribution is 7.89. The standard InChI is InChI=1S/C13H22N2O4S/c1-14(2)20(17,18)13-7-5-11(6-8-13)15(3)9-12(16)10-19-4/h5-8,12,16H,9-10H2,1-4H3. The molecule has 0 aromatic heterocycles. The molecule has 1 aromatic carbocycles. The summed E-state index contributed by atoms with van der Waals surface area (Å²) in [5.41, 5.74) is 0.831. The summed E-state index contributed by atoms with van der Waals surface area (Å²) in [5.74, 6) is 0. The topological polar surface area (TPSA) is 70.1 Å². The lowest BCUT2D eigenvalue weighted by Gasteiger charge is -2.22. The van der Waals surface area contributed by atoms with Gasteiger partial charge in [0.2, 0.25) is 10.0 Å². The predicted molar refractivity (Wildman–Crippen MR) is 78.5 cm³/mol. The fourth-order valence-corrected chi connectivity index (χ4v) is 2.65. The van der Waals surface area contributed by atoms with Crippen LogP contribution >= 0.6 is 0 Å². The normalized spacial score (nSPS) is 13.5. The van der Waals surface area contributed by atoms with Crippen molar-refractivity contribution in [3.05, 3.63) is 24.3 Å². The molecule has 1 atom stereocenters. The zero-order valence-electron chi connectivity index (χ0n) is 12.3. The molecule has 7 heteroatoms. The first-order chi connectivity index (χ1) is 9.28. The van der Waals surface area contributed by atoms with Crippen molar-refractivity contribution in [1.82, 2.24) is 4.31 Å². The second-order valence-corrected chi connectivity index (χ2v) is 6.92. The summed E-state index contributed by atoms with van der Waals surface area (Å²) in [5, 5.41) is 9.67. The van der Waals surface area contributed by atoms with Gasteiger partial charge in [-0.05, 0) is 24.3 Å². The van der Waals surface area contributed by atoms with E-state index in [4.69, 9.17) is 4.74 Å². The van der Waals surface area contributed by atoms with E-state index in [0.29, 0.717) is 6.54 Å².